The van der Waals surface area contributed by atoms with Gasteiger partial charge in [0, 0.05) is 25.7 Å². The van der Waals surface area contributed by atoms with Gasteiger partial charge < -0.3 is 10.1 Å². The van der Waals surface area contributed by atoms with E-state index < -0.39 is 0 Å². The molecule has 3 heteroatoms. The van der Waals surface area contributed by atoms with Crippen LogP contribution in [0.5, 0.6) is 0 Å². The fraction of sp³-hybridized carbons (Fsp3) is 1.00. The first-order chi connectivity index (χ1) is 7.88. The molecule has 3 nitrogen and oxygen atoms in total. The maximum absolute atomic E-state index is 5.73. The minimum absolute atomic E-state index is 0.507. The van der Waals surface area contributed by atoms with Gasteiger partial charge in [0.1, 0.15) is 0 Å². The van der Waals surface area contributed by atoms with Gasteiger partial charge >= 0.3 is 0 Å². The summed E-state index contributed by atoms with van der Waals surface area (Å²) in [6, 6.07) is 0.730. The summed E-state index contributed by atoms with van der Waals surface area (Å²) >= 11 is 0. The summed E-state index contributed by atoms with van der Waals surface area (Å²) in [6.07, 6.45) is 6.98. The Labute approximate surface area is 99.5 Å². The van der Waals surface area contributed by atoms with Crippen LogP contribution in [0.3, 0.4) is 0 Å². The van der Waals surface area contributed by atoms with Crippen LogP contribution in [0.4, 0.5) is 0 Å². The SMILES string of the molecule is CCCN(CC1CCCN1)CC1CCCO1. The average molecular weight is 226 g/mol. The Bertz CT molecular complexity index is 168. The van der Waals surface area contributed by atoms with E-state index in [2.05, 4.69) is 17.1 Å². The molecular weight excluding hydrogens is 200 g/mol. The summed E-state index contributed by atoms with van der Waals surface area (Å²) in [6.45, 7) is 8.04. The zero-order valence-electron chi connectivity index (χ0n) is 10.6. The number of hydrogen-bond donors (Lipinski definition) is 1. The Morgan fingerprint density at radius 2 is 2.19 bits per heavy atom. The quantitative estimate of drug-likeness (QED) is 0.745. The first-order valence-corrected chi connectivity index (χ1v) is 6.96. The number of nitrogens with zero attached hydrogens (tertiary/aromatic N) is 1. The van der Waals surface area contributed by atoms with Gasteiger partial charge in [-0.15, -0.1) is 0 Å². The second-order valence-electron chi connectivity index (χ2n) is 5.19. The van der Waals surface area contributed by atoms with Crippen LogP contribution >= 0.6 is 0 Å². The summed E-state index contributed by atoms with van der Waals surface area (Å²) < 4.78 is 5.73. The number of nitrogens with one attached hydrogen (secondary N) is 1. The van der Waals surface area contributed by atoms with Crippen molar-refractivity contribution >= 4 is 0 Å². The summed E-state index contributed by atoms with van der Waals surface area (Å²) in [5, 5.41) is 3.59. The zero-order chi connectivity index (χ0) is 11.2. The lowest BCUT2D eigenvalue weighted by Gasteiger charge is -2.27. The minimum Gasteiger partial charge on any atom is -0.377 e. The van der Waals surface area contributed by atoms with Gasteiger partial charge in [0.15, 0.2) is 0 Å². The third-order valence-corrected chi connectivity index (χ3v) is 3.67. The molecule has 0 aromatic rings. The van der Waals surface area contributed by atoms with E-state index in [1.54, 1.807) is 0 Å². The molecule has 0 radical (unpaired) electrons. The molecule has 1 N–H and O–H groups in total. The van der Waals surface area contributed by atoms with Crippen LogP contribution in [0.25, 0.3) is 0 Å². The molecule has 2 aliphatic heterocycles. The fourth-order valence-electron chi connectivity index (χ4n) is 2.87. The van der Waals surface area contributed by atoms with E-state index in [0.717, 1.165) is 19.2 Å². The minimum atomic E-state index is 0.507. The third kappa shape index (κ3) is 3.72. The van der Waals surface area contributed by atoms with E-state index in [-0.39, 0.29) is 0 Å². The van der Waals surface area contributed by atoms with E-state index in [4.69, 9.17) is 4.74 Å². The van der Waals surface area contributed by atoms with Crippen LogP contribution in [0.15, 0.2) is 0 Å². The highest BCUT2D eigenvalue weighted by atomic mass is 16.5. The first kappa shape index (κ1) is 12.3. The van der Waals surface area contributed by atoms with Gasteiger partial charge in [0.25, 0.3) is 0 Å². The molecule has 0 bridgehead atoms. The van der Waals surface area contributed by atoms with Gasteiger partial charge in [-0.1, -0.05) is 6.92 Å². The van der Waals surface area contributed by atoms with E-state index in [1.807, 2.05) is 0 Å². The highest BCUT2D eigenvalue weighted by Crippen LogP contribution is 2.15. The Balaban J connectivity index is 1.73. The van der Waals surface area contributed by atoms with Crippen LogP contribution in [0, 0.1) is 0 Å². The highest BCUT2D eigenvalue weighted by molar-refractivity contribution is 4.79. The monoisotopic (exact) mass is 226 g/mol. The molecule has 2 saturated heterocycles. The molecule has 2 unspecified atom stereocenters. The van der Waals surface area contributed by atoms with Gasteiger partial charge in [-0.2, -0.15) is 0 Å². The van der Waals surface area contributed by atoms with Crippen molar-refractivity contribution in [1.82, 2.24) is 10.2 Å². The summed E-state index contributed by atoms with van der Waals surface area (Å²) in [5.41, 5.74) is 0. The fourth-order valence-corrected chi connectivity index (χ4v) is 2.87. The molecule has 2 fully saturated rings. The number of rotatable bonds is 6. The third-order valence-electron chi connectivity index (χ3n) is 3.67. The van der Waals surface area contributed by atoms with Gasteiger partial charge in [0.2, 0.25) is 0 Å². The van der Waals surface area contributed by atoms with Gasteiger partial charge in [-0.3, -0.25) is 4.90 Å². The van der Waals surface area contributed by atoms with E-state index in [0.29, 0.717) is 6.10 Å². The highest BCUT2D eigenvalue weighted by Gasteiger charge is 2.22. The molecule has 0 aliphatic carbocycles. The predicted molar refractivity (Wildman–Crippen MR) is 66.7 cm³/mol. The molecule has 2 heterocycles. The Morgan fingerprint density at radius 1 is 1.25 bits per heavy atom. The van der Waals surface area contributed by atoms with Crippen molar-refractivity contribution in [1.29, 1.82) is 0 Å². The molecule has 0 aromatic carbocycles. The summed E-state index contributed by atoms with van der Waals surface area (Å²) in [7, 11) is 0. The second-order valence-corrected chi connectivity index (χ2v) is 5.19. The predicted octanol–water partition coefficient (Wildman–Crippen LogP) is 1.63. The van der Waals surface area contributed by atoms with Crippen LogP contribution in [0.2, 0.25) is 0 Å². The molecule has 2 aliphatic rings. The van der Waals surface area contributed by atoms with Crippen molar-refractivity contribution < 1.29 is 4.74 Å². The molecule has 0 amide bonds. The molecule has 94 valence electrons. The molecule has 2 rings (SSSR count). The lowest BCUT2D eigenvalue weighted by atomic mass is 10.2. The van der Waals surface area contributed by atoms with Crippen LogP contribution < -0.4 is 5.32 Å². The Kier molecular flexibility index (Phi) is 5.07. The van der Waals surface area contributed by atoms with E-state index >= 15 is 0 Å². The molecule has 0 spiro atoms. The van der Waals surface area contributed by atoms with Crippen molar-refractivity contribution in [2.45, 2.75) is 51.2 Å². The maximum atomic E-state index is 5.73. The van der Waals surface area contributed by atoms with Crippen molar-refractivity contribution in [3.8, 4) is 0 Å². The molecule has 0 saturated carbocycles. The van der Waals surface area contributed by atoms with Gasteiger partial charge in [0.05, 0.1) is 6.10 Å². The maximum Gasteiger partial charge on any atom is 0.0702 e. The van der Waals surface area contributed by atoms with Crippen LogP contribution in [0.1, 0.15) is 39.0 Å². The molecule has 0 aromatic heterocycles. The number of hydrogen-bond acceptors (Lipinski definition) is 3. The molecular formula is C13H26N2O. The largest absolute Gasteiger partial charge is 0.377 e. The van der Waals surface area contributed by atoms with E-state index in [1.165, 1.54) is 51.7 Å². The average Bonchev–Trinajstić information content (AvgIpc) is 2.91. The first-order valence-electron chi connectivity index (χ1n) is 6.96. The van der Waals surface area contributed by atoms with Crippen molar-refractivity contribution in [2.75, 3.05) is 32.8 Å². The van der Waals surface area contributed by atoms with Gasteiger partial charge in [-0.25, -0.2) is 0 Å². The summed E-state index contributed by atoms with van der Waals surface area (Å²) in [4.78, 5) is 2.60. The zero-order valence-corrected chi connectivity index (χ0v) is 10.6. The normalized spacial score (nSPS) is 30.4. The van der Waals surface area contributed by atoms with Crippen molar-refractivity contribution in [2.24, 2.45) is 0 Å². The topological polar surface area (TPSA) is 24.5 Å². The number of ether oxygens (including phenoxy) is 1. The van der Waals surface area contributed by atoms with Crippen LogP contribution in [-0.4, -0.2) is 49.8 Å². The van der Waals surface area contributed by atoms with Crippen LogP contribution in [-0.2, 0) is 4.74 Å². The standard InChI is InChI=1S/C13H26N2O/c1-2-8-15(10-12-5-3-7-14-12)11-13-6-4-9-16-13/h12-14H,2-11H2,1H3. The van der Waals surface area contributed by atoms with E-state index in [9.17, 15) is 0 Å². The molecule has 2 atom stereocenters. The Hall–Kier alpha value is -0.120. The second kappa shape index (κ2) is 6.58. The molecule has 16 heavy (non-hydrogen) atoms. The van der Waals surface area contributed by atoms with Crippen molar-refractivity contribution in [3.05, 3.63) is 0 Å². The van der Waals surface area contributed by atoms with Crippen molar-refractivity contribution in [3.63, 3.8) is 0 Å². The summed E-state index contributed by atoms with van der Waals surface area (Å²) in [5.74, 6) is 0. The lowest BCUT2D eigenvalue weighted by Crippen LogP contribution is -2.41. The Morgan fingerprint density at radius 3 is 2.81 bits per heavy atom. The lowest BCUT2D eigenvalue weighted by molar-refractivity contribution is 0.0704. The van der Waals surface area contributed by atoms with Gasteiger partial charge in [-0.05, 0) is 45.2 Å². The smallest absolute Gasteiger partial charge is 0.0702 e.